The van der Waals surface area contributed by atoms with Crippen molar-refractivity contribution in [2.45, 2.75) is 38.9 Å². The van der Waals surface area contributed by atoms with E-state index in [0.717, 1.165) is 5.39 Å². The van der Waals surface area contributed by atoms with Crippen LogP contribution in [0.2, 0.25) is 18.1 Å². The molecule has 2 aromatic rings. The van der Waals surface area contributed by atoms with Gasteiger partial charge in [0.25, 0.3) is 8.32 Å². The standard InChI is InChI=1S/C16H22O4Si/c1-16(2,3)21(5,6)20-12-9-7-8-11-10-13(15(17)18-4)19-14(11)12/h7-10H,1-6H3. The van der Waals surface area contributed by atoms with Crippen molar-refractivity contribution in [1.82, 2.24) is 0 Å². The van der Waals surface area contributed by atoms with Crippen LogP contribution in [0.4, 0.5) is 0 Å². The molecule has 1 heterocycles. The number of esters is 1. The summed E-state index contributed by atoms with van der Waals surface area (Å²) in [6.45, 7) is 10.9. The number of furan rings is 1. The Labute approximate surface area is 126 Å². The number of para-hydroxylation sites is 1. The largest absolute Gasteiger partial charge is 0.541 e. The van der Waals surface area contributed by atoms with Gasteiger partial charge in [-0.3, -0.25) is 0 Å². The molecular formula is C16H22O4Si. The van der Waals surface area contributed by atoms with Crippen LogP contribution < -0.4 is 4.43 Å². The van der Waals surface area contributed by atoms with Gasteiger partial charge in [0.15, 0.2) is 5.58 Å². The van der Waals surface area contributed by atoms with Gasteiger partial charge in [0.05, 0.1) is 7.11 Å². The van der Waals surface area contributed by atoms with Crippen molar-refractivity contribution in [2.75, 3.05) is 7.11 Å². The summed E-state index contributed by atoms with van der Waals surface area (Å²) in [4.78, 5) is 11.6. The fourth-order valence-electron chi connectivity index (χ4n) is 1.75. The van der Waals surface area contributed by atoms with Crippen LogP contribution in [0.5, 0.6) is 5.75 Å². The van der Waals surface area contributed by atoms with Crippen LogP contribution in [-0.4, -0.2) is 21.4 Å². The Morgan fingerprint density at radius 3 is 2.48 bits per heavy atom. The van der Waals surface area contributed by atoms with E-state index in [-0.39, 0.29) is 10.8 Å². The third kappa shape index (κ3) is 2.97. The SMILES string of the molecule is COC(=O)c1cc2cccc(O[Si](C)(C)C(C)(C)C)c2o1. The summed E-state index contributed by atoms with van der Waals surface area (Å²) in [6, 6.07) is 7.36. The van der Waals surface area contributed by atoms with Crippen LogP contribution in [0.15, 0.2) is 28.7 Å². The molecule has 0 bridgehead atoms. The predicted octanol–water partition coefficient (Wildman–Crippen LogP) is 4.60. The van der Waals surface area contributed by atoms with Gasteiger partial charge in [-0.25, -0.2) is 4.79 Å². The highest BCUT2D eigenvalue weighted by Gasteiger charge is 2.39. The van der Waals surface area contributed by atoms with Crippen LogP contribution in [0.25, 0.3) is 11.0 Å². The van der Waals surface area contributed by atoms with Gasteiger partial charge in [0.1, 0.15) is 5.75 Å². The number of benzene rings is 1. The van der Waals surface area contributed by atoms with E-state index in [1.807, 2.05) is 18.2 Å². The lowest BCUT2D eigenvalue weighted by molar-refractivity contribution is 0.0567. The molecule has 4 nitrogen and oxygen atoms in total. The van der Waals surface area contributed by atoms with Crippen molar-refractivity contribution in [3.8, 4) is 5.75 Å². The maximum atomic E-state index is 11.6. The monoisotopic (exact) mass is 306 g/mol. The molecule has 5 heteroatoms. The summed E-state index contributed by atoms with van der Waals surface area (Å²) >= 11 is 0. The molecule has 0 aliphatic heterocycles. The molecule has 0 unspecified atom stereocenters. The molecule has 0 aliphatic rings. The third-order valence-electron chi connectivity index (χ3n) is 4.07. The molecule has 0 fully saturated rings. The molecule has 0 radical (unpaired) electrons. The van der Waals surface area contributed by atoms with Gasteiger partial charge in [0, 0.05) is 5.39 Å². The molecule has 0 N–H and O–H groups in total. The zero-order valence-corrected chi connectivity index (χ0v) is 14.4. The minimum atomic E-state index is -1.97. The van der Waals surface area contributed by atoms with Gasteiger partial charge in [-0.1, -0.05) is 32.9 Å². The molecule has 1 aromatic heterocycles. The normalized spacial score (nSPS) is 12.5. The Kier molecular flexibility index (Phi) is 3.89. The summed E-state index contributed by atoms with van der Waals surface area (Å²) in [5.74, 6) is 0.400. The minimum absolute atomic E-state index is 0.0902. The average Bonchev–Trinajstić information content (AvgIpc) is 2.81. The summed E-state index contributed by atoms with van der Waals surface area (Å²) in [7, 11) is -0.630. The van der Waals surface area contributed by atoms with Crippen LogP contribution in [0.3, 0.4) is 0 Å². The van der Waals surface area contributed by atoms with E-state index in [1.54, 1.807) is 6.07 Å². The molecule has 0 saturated carbocycles. The van der Waals surface area contributed by atoms with E-state index in [1.165, 1.54) is 7.11 Å². The van der Waals surface area contributed by atoms with Crippen LogP contribution >= 0.6 is 0 Å². The Hall–Kier alpha value is -1.75. The van der Waals surface area contributed by atoms with Crippen molar-refractivity contribution < 1.29 is 18.4 Å². The number of methoxy groups -OCH3 is 1. The second-order valence-electron chi connectivity index (χ2n) is 6.64. The van der Waals surface area contributed by atoms with Gasteiger partial charge in [-0.2, -0.15) is 0 Å². The Balaban J connectivity index is 2.46. The van der Waals surface area contributed by atoms with Crippen LogP contribution in [0.1, 0.15) is 31.3 Å². The van der Waals surface area contributed by atoms with Crippen molar-refractivity contribution in [3.63, 3.8) is 0 Å². The second-order valence-corrected chi connectivity index (χ2v) is 11.4. The molecule has 0 atom stereocenters. The number of carbonyl (C=O) groups excluding carboxylic acids is 1. The highest BCUT2D eigenvalue weighted by atomic mass is 28.4. The number of hydrogen-bond donors (Lipinski definition) is 0. The number of rotatable bonds is 3. The first-order chi connectivity index (χ1) is 9.65. The van der Waals surface area contributed by atoms with Gasteiger partial charge < -0.3 is 13.6 Å². The van der Waals surface area contributed by atoms with Crippen molar-refractivity contribution in [1.29, 1.82) is 0 Å². The fraction of sp³-hybridized carbons (Fsp3) is 0.438. The lowest BCUT2D eigenvalue weighted by Gasteiger charge is -2.36. The lowest BCUT2D eigenvalue weighted by atomic mass is 10.2. The predicted molar refractivity (Wildman–Crippen MR) is 85.4 cm³/mol. The van der Waals surface area contributed by atoms with Crippen molar-refractivity contribution >= 4 is 25.3 Å². The fourth-order valence-corrected chi connectivity index (χ4v) is 2.76. The smallest absolute Gasteiger partial charge is 0.373 e. The maximum Gasteiger partial charge on any atom is 0.373 e. The molecule has 0 amide bonds. The topological polar surface area (TPSA) is 48.7 Å². The highest BCUT2D eigenvalue weighted by molar-refractivity contribution is 6.74. The maximum absolute atomic E-state index is 11.6. The van der Waals surface area contributed by atoms with Crippen molar-refractivity contribution in [2.24, 2.45) is 0 Å². The van der Waals surface area contributed by atoms with E-state index < -0.39 is 14.3 Å². The first kappa shape index (κ1) is 15.6. The quantitative estimate of drug-likeness (QED) is 0.614. The first-order valence-corrected chi connectivity index (χ1v) is 9.86. The van der Waals surface area contributed by atoms with Crippen LogP contribution in [-0.2, 0) is 4.74 Å². The number of ether oxygens (including phenoxy) is 1. The minimum Gasteiger partial charge on any atom is -0.541 e. The second kappa shape index (κ2) is 5.22. The van der Waals surface area contributed by atoms with Gasteiger partial charge in [0.2, 0.25) is 5.76 Å². The van der Waals surface area contributed by atoms with E-state index in [9.17, 15) is 4.79 Å². The number of fused-ring (bicyclic) bond motifs is 1. The zero-order chi connectivity index (χ0) is 15.8. The Morgan fingerprint density at radius 1 is 1.24 bits per heavy atom. The summed E-state index contributed by atoms with van der Waals surface area (Å²) in [5.41, 5.74) is 0.600. The van der Waals surface area contributed by atoms with E-state index >= 15 is 0 Å². The van der Waals surface area contributed by atoms with Gasteiger partial charge in [-0.05, 0) is 30.3 Å². The molecule has 114 valence electrons. The third-order valence-corrected chi connectivity index (χ3v) is 8.41. The van der Waals surface area contributed by atoms with Gasteiger partial charge in [-0.15, -0.1) is 0 Å². The highest BCUT2D eigenvalue weighted by Crippen LogP contribution is 2.39. The molecule has 0 saturated heterocycles. The number of carbonyl (C=O) groups is 1. The summed E-state index contributed by atoms with van der Waals surface area (Å²) in [6.07, 6.45) is 0. The Morgan fingerprint density at radius 2 is 1.90 bits per heavy atom. The van der Waals surface area contributed by atoms with E-state index in [4.69, 9.17) is 13.6 Å². The van der Waals surface area contributed by atoms with E-state index in [2.05, 4.69) is 33.9 Å². The first-order valence-electron chi connectivity index (χ1n) is 6.95. The molecule has 0 spiro atoms. The molecular weight excluding hydrogens is 284 g/mol. The molecule has 0 aliphatic carbocycles. The van der Waals surface area contributed by atoms with Crippen LogP contribution in [0, 0.1) is 0 Å². The lowest BCUT2D eigenvalue weighted by Crippen LogP contribution is -2.43. The van der Waals surface area contributed by atoms with Crippen molar-refractivity contribution in [3.05, 3.63) is 30.0 Å². The molecule has 1 aromatic carbocycles. The Bertz CT molecular complexity index is 664. The summed E-state index contributed by atoms with van der Waals surface area (Å²) < 4.78 is 16.6. The van der Waals surface area contributed by atoms with Gasteiger partial charge >= 0.3 is 5.97 Å². The molecule has 2 rings (SSSR count). The summed E-state index contributed by atoms with van der Waals surface area (Å²) in [5, 5.41) is 0.930. The molecule has 21 heavy (non-hydrogen) atoms. The zero-order valence-electron chi connectivity index (χ0n) is 13.4. The number of hydrogen-bond acceptors (Lipinski definition) is 4. The average molecular weight is 306 g/mol. The van der Waals surface area contributed by atoms with E-state index in [0.29, 0.717) is 11.3 Å².